The van der Waals surface area contributed by atoms with Gasteiger partial charge < -0.3 is 20.6 Å². The number of ether oxygens (including phenoxy) is 1. The minimum Gasteiger partial charge on any atom is -0.493 e. The number of nitrogens with one attached hydrogen (secondary N) is 1. The molecule has 8 heteroatoms. The van der Waals surface area contributed by atoms with E-state index < -0.39 is 11.9 Å². The summed E-state index contributed by atoms with van der Waals surface area (Å²) in [5, 5.41) is 4.21. The summed E-state index contributed by atoms with van der Waals surface area (Å²) in [5.74, 6) is -0.294. The third-order valence-electron chi connectivity index (χ3n) is 2.49. The molecule has 0 aliphatic carbocycles. The van der Waals surface area contributed by atoms with Crippen molar-refractivity contribution in [2.45, 2.75) is 0 Å². The van der Waals surface area contributed by atoms with Crippen molar-refractivity contribution in [1.82, 2.24) is 5.43 Å². The number of urea groups is 1. The molecule has 20 heavy (non-hydrogen) atoms. The second-order valence-electron chi connectivity index (χ2n) is 3.80. The molecule has 1 aromatic carbocycles. The fraction of sp³-hybridized carbons (Fsp3) is 0.0833. The summed E-state index contributed by atoms with van der Waals surface area (Å²) < 4.78 is 10.6. The third kappa shape index (κ3) is 2.53. The number of nitrogens with two attached hydrogens (primary N) is 2. The van der Waals surface area contributed by atoms with Gasteiger partial charge >= 0.3 is 6.03 Å². The van der Waals surface area contributed by atoms with Crippen molar-refractivity contribution in [3.05, 3.63) is 35.4 Å². The van der Waals surface area contributed by atoms with Crippen molar-refractivity contribution in [2.24, 2.45) is 16.6 Å². The molecule has 0 fully saturated rings. The fourth-order valence-electron chi connectivity index (χ4n) is 1.65. The second-order valence-corrected chi connectivity index (χ2v) is 3.80. The Balaban J connectivity index is 2.76. The highest BCUT2D eigenvalue weighted by Gasteiger charge is 2.12. The number of hydrogen-bond acceptors (Lipinski definition) is 5. The molecule has 0 saturated heterocycles. The minimum atomic E-state index is -0.893. The van der Waals surface area contributed by atoms with Gasteiger partial charge in [0, 0.05) is 5.39 Å². The highest BCUT2D eigenvalue weighted by Crippen LogP contribution is 2.24. The maximum absolute atomic E-state index is 11.4. The summed E-state index contributed by atoms with van der Waals surface area (Å²) >= 11 is 0. The number of rotatable bonds is 3. The molecule has 0 radical (unpaired) electrons. The number of benzene rings is 1. The maximum Gasteiger partial charge on any atom is 0.332 e. The zero-order valence-corrected chi connectivity index (χ0v) is 10.5. The van der Waals surface area contributed by atoms with Crippen LogP contribution in [0.25, 0.3) is 11.0 Å². The van der Waals surface area contributed by atoms with E-state index in [0.717, 1.165) is 0 Å². The number of carbonyl (C=O) groups is 2. The molecule has 3 amide bonds. The van der Waals surface area contributed by atoms with Gasteiger partial charge in [-0.15, -0.1) is 5.10 Å². The van der Waals surface area contributed by atoms with Crippen LogP contribution in [-0.2, 0) is 0 Å². The van der Waals surface area contributed by atoms with Gasteiger partial charge in [-0.05, 0) is 12.1 Å². The monoisotopic (exact) mass is 276 g/mol. The smallest absolute Gasteiger partial charge is 0.332 e. The molecule has 8 nitrogen and oxygen atoms in total. The van der Waals surface area contributed by atoms with Gasteiger partial charge in [0.05, 0.1) is 7.11 Å². The largest absolute Gasteiger partial charge is 0.493 e. The molecule has 2 aromatic rings. The van der Waals surface area contributed by atoms with E-state index in [2.05, 4.69) is 5.10 Å². The van der Waals surface area contributed by atoms with Crippen LogP contribution in [-0.4, -0.2) is 19.0 Å². The van der Waals surface area contributed by atoms with E-state index in [1.54, 1.807) is 18.2 Å². The summed E-state index contributed by atoms with van der Waals surface area (Å²) in [7, 11) is 1.48. The molecule has 0 saturated carbocycles. The first-order valence-corrected chi connectivity index (χ1v) is 5.52. The molecule has 0 bridgehead atoms. The molecular formula is C12H12N4O4. The Labute approximate surface area is 113 Å². The van der Waals surface area contributed by atoms with E-state index in [-0.39, 0.29) is 11.1 Å². The normalized spacial score (nSPS) is 11.3. The summed E-state index contributed by atoms with van der Waals surface area (Å²) in [6.45, 7) is 0. The standard InChI is InChI=1S/C12H12N4O4/c1-19-8-4-2-3-6-5-7(10(13)17)11(20-9(6)8)15-16-12(14)18/h2-5H,1H3,(H2,13,17)(H3,14,16,18)/b15-11+. The van der Waals surface area contributed by atoms with E-state index in [9.17, 15) is 9.59 Å². The summed E-state index contributed by atoms with van der Waals surface area (Å²) in [4.78, 5) is 22.1. The van der Waals surface area contributed by atoms with Gasteiger partial charge in [0.15, 0.2) is 11.3 Å². The molecule has 0 aliphatic heterocycles. The molecule has 0 aliphatic rings. The highest BCUT2D eigenvalue weighted by molar-refractivity contribution is 5.96. The van der Waals surface area contributed by atoms with Gasteiger partial charge in [-0.25, -0.2) is 10.2 Å². The number of carbonyl (C=O) groups excluding carboxylic acids is 2. The van der Waals surface area contributed by atoms with Crippen LogP contribution in [0.1, 0.15) is 10.4 Å². The van der Waals surface area contributed by atoms with Gasteiger partial charge in [0.25, 0.3) is 5.91 Å². The van der Waals surface area contributed by atoms with Crippen LogP contribution < -0.4 is 27.2 Å². The highest BCUT2D eigenvalue weighted by atomic mass is 16.5. The van der Waals surface area contributed by atoms with Crippen molar-refractivity contribution in [2.75, 3.05) is 7.11 Å². The van der Waals surface area contributed by atoms with Crippen LogP contribution >= 0.6 is 0 Å². The Kier molecular flexibility index (Phi) is 3.56. The van der Waals surface area contributed by atoms with Gasteiger partial charge in [0.1, 0.15) is 5.56 Å². The SMILES string of the molecule is COc1cccc2cc(C(N)=O)/c(=N\NC(N)=O)oc12. The summed E-state index contributed by atoms with van der Waals surface area (Å²) in [6.07, 6.45) is 0. The van der Waals surface area contributed by atoms with Crippen molar-refractivity contribution in [3.8, 4) is 5.75 Å². The van der Waals surface area contributed by atoms with Crippen LogP contribution in [0, 0.1) is 0 Å². The Morgan fingerprint density at radius 2 is 2.10 bits per heavy atom. The Bertz CT molecular complexity index is 751. The lowest BCUT2D eigenvalue weighted by Crippen LogP contribution is -2.29. The second kappa shape index (κ2) is 5.31. The zero-order valence-electron chi connectivity index (χ0n) is 10.5. The summed E-state index contributed by atoms with van der Waals surface area (Å²) in [6, 6.07) is 5.74. The molecule has 0 spiro atoms. The van der Waals surface area contributed by atoms with Crippen LogP contribution in [0.2, 0.25) is 0 Å². The molecule has 0 unspecified atom stereocenters. The van der Waals surface area contributed by atoms with Crippen LogP contribution in [0.3, 0.4) is 0 Å². The molecular weight excluding hydrogens is 264 g/mol. The van der Waals surface area contributed by atoms with E-state index in [1.807, 2.05) is 5.43 Å². The molecule has 5 N–H and O–H groups in total. The van der Waals surface area contributed by atoms with Crippen molar-refractivity contribution in [3.63, 3.8) is 0 Å². The number of primary amides is 2. The van der Waals surface area contributed by atoms with Crippen LogP contribution in [0.5, 0.6) is 5.75 Å². The van der Waals surface area contributed by atoms with E-state index in [1.165, 1.54) is 13.2 Å². The fourth-order valence-corrected chi connectivity index (χ4v) is 1.65. The molecule has 2 rings (SSSR count). The Hall–Kier alpha value is -3.03. The van der Waals surface area contributed by atoms with Gasteiger partial charge in [-0.1, -0.05) is 12.1 Å². The number of methoxy groups -OCH3 is 1. The molecule has 1 heterocycles. The van der Waals surface area contributed by atoms with E-state index >= 15 is 0 Å². The number of fused-ring (bicyclic) bond motifs is 1. The van der Waals surface area contributed by atoms with Crippen molar-refractivity contribution >= 4 is 22.9 Å². The van der Waals surface area contributed by atoms with Crippen LogP contribution in [0.4, 0.5) is 4.79 Å². The predicted octanol–water partition coefficient (Wildman–Crippen LogP) is 0.0243. The lowest BCUT2D eigenvalue weighted by Gasteiger charge is -2.05. The lowest BCUT2D eigenvalue weighted by molar-refractivity contribution is 0.0996. The van der Waals surface area contributed by atoms with Gasteiger partial charge in [0.2, 0.25) is 5.55 Å². The maximum atomic E-state index is 11.4. The molecule has 1 aromatic heterocycles. The van der Waals surface area contributed by atoms with Crippen molar-refractivity contribution in [1.29, 1.82) is 0 Å². The van der Waals surface area contributed by atoms with Gasteiger partial charge in [-0.2, -0.15) is 0 Å². The Morgan fingerprint density at radius 1 is 1.35 bits per heavy atom. The lowest BCUT2D eigenvalue weighted by atomic mass is 10.1. The number of para-hydroxylation sites is 1. The molecule has 104 valence electrons. The van der Waals surface area contributed by atoms with E-state index in [0.29, 0.717) is 16.7 Å². The predicted molar refractivity (Wildman–Crippen MR) is 69.6 cm³/mol. The minimum absolute atomic E-state index is 0.0134. The first-order valence-electron chi connectivity index (χ1n) is 5.52. The molecule has 0 atom stereocenters. The average molecular weight is 276 g/mol. The number of amides is 3. The zero-order chi connectivity index (χ0) is 14.7. The first kappa shape index (κ1) is 13.4. The Morgan fingerprint density at radius 3 is 2.70 bits per heavy atom. The average Bonchev–Trinajstić information content (AvgIpc) is 2.43. The quantitative estimate of drug-likeness (QED) is 0.681. The number of nitrogens with zero attached hydrogens (tertiary/aromatic N) is 1. The first-order chi connectivity index (χ1) is 9.52. The third-order valence-corrected chi connectivity index (χ3v) is 2.49. The number of hydrogen-bond donors (Lipinski definition) is 3. The topological polar surface area (TPSA) is 133 Å². The summed E-state index contributed by atoms with van der Waals surface area (Å²) in [5.41, 5.74) is 12.4. The van der Waals surface area contributed by atoms with Crippen LogP contribution in [0.15, 0.2) is 33.8 Å². The van der Waals surface area contributed by atoms with Crippen molar-refractivity contribution < 1.29 is 18.7 Å². The van der Waals surface area contributed by atoms with E-state index in [4.69, 9.17) is 20.6 Å². The van der Waals surface area contributed by atoms with Gasteiger partial charge in [-0.3, -0.25) is 4.79 Å².